The van der Waals surface area contributed by atoms with Gasteiger partial charge in [-0.15, -0.1) is 0 Å². The van der Waals surface area contributed by atoms with Gasteiger partial charge in [0.15, 0.2) is 0 Å². The van der Waals surface area contributed by atoms with Crippen LogP contribution in [0.4, 0.5) is 0 Å². The molecule has 0 bridgehead atoms. The maximum atomic E-state index is 11.8. The van der Waals surface area contributed by atoms with Gasteiger partial charge in [-0.25, -0.2) is 0 Å². The highest BCUT2D eigenvalue weighted by Crippen LogP contribution is 2.03. The first-order chi connectivity index (χ1) is 8.66. The van der Waals surface area contributed by atoms with E-state index < -0.39 is 42.4 Å². The topological polar surface area (TPSA) is 164 Å². The fourth-order valence-electron chi connectivity index (χ4n) is 1.25. The maximum absolute atomic E-state index is 11.8. The van der Waals surface area contributed by atoms with Crippen LogP contribution in [0.5, 0.6) is 0 Å². The van der Waals surface area contributed by atoms with Crippen LogP contribution in [0.15, 0.2) is 0 Å². The van der Waals surface area contributed by atoms with E-state index in [-0.39, 0.29) is 12.8 Å². The molecule has 0 aromatic heterocycles. The highest BCUT2D eigenvalue weighted by atomic mass is 16.4. The van der Waals surface area contributed by atoms with Crippen LogP contribution in [-0.2, 0) is 19.2 Å². The van der Waals surface area contributed by atoms with Crippen molar-refractivity contribution in [3.05, 3.63) is 0 Å². The molecule has 0 radical (unpaired) electrons. The molecule has 9 nitrogen and oxygen atoms in total. The number of nitrogens with zero attached hydrogens (tertiary/aromatic N) is 1. The van der Waals surface area contributed by atoms with Crippen molar-refractivity contribution in [2.24, 2.45) is 11.5 Å². The summed E-state index contributed by atoms with van der Waals surface area (Å²) in [5.41, 5.74) is 10.7. The lowest BCUT2D eigenvalue weighted by Crippen LogP contribution is -2.53. The van der Waals surface area contributed by atoms with Gasteiger partial charge in [0, 0.05) is 6.42 Å². The molecule has 19 heavy (non-hydrogen) atoms. The second kappa shape index (κ2) is 7.44. The molecule has 9 heteroatoms. The number of carboxylic acid groups (broad SMARTS) is 2. The summed E-state index contributed by atoms with van der Waals surface area (Å²) in [5, 5.41) is 17.1. The largest absolute Gasteiger partial charge is 0.481 e. The molecule has 0 fully saturated rings. The lowest BCUT2D eigenvalue weighted by Gasteiger charge is -2.23. The van der Waals surface area contributed by atoms with E-state index in [4.69, 9.17) is 21.7 Å². The lowest BCUT2D eigenvalue weighted by molar-refractivity contribution is -0.153. The van der Waals surface area contributed by atoms with Crippen molar-refractivity contribution in [3.8, 4) is 0 Å². The molecule has 6 N–H and O–H groups in total. The second-order valence-corrected chi connectivity index (χ2v) is 3.98. The molecule has 0 saturated heterocycles. The van der Waals surface area contributed by atoms with Crippen LogP contribution >= 0.6 is 0 Å². The van der Waals surface area contributed by atoms with Crippen molar-refractivity contribution in [1.29, 1.82) is 0 Å². The number of imide groups is 1. The Morgan fingerprint density at radius 3 is 1.95 bits per heavy atom. The Bertz CT molecular complexity index is 381. The van der Waals surface area contributed by atoms with Crippen LogP contribution in [-0.4, -0.2) is 57.5 Å². The second-order valence-electron chi connectivity index (χ2n) is 3.98. The molecule has 2 atom stereocenters. The van der Waals surface area contributed by atoms with E-state index in [1.165, 1.54) is 6.92 Å². The molecular formula is C10H17N3O6. The predicted octanol–water partition coefficient (Wildman–Crippen LogP) is -2.03. The molecule has 0 aromatic carbocycles. The average molecular weight is 275 g/mol. The number of rotatable bonds is 7. The summed E-state index contributed by atoms with van der Waals surface area (Å²) >= 11 is 0. The van der Waals surface area contributed by atoms with Gasteiger partial charge in [-0.05, 0) is 13.3 Å². The van der Waals surface area contributed by atoms with Gasteiger partial charge in [0.2, 0.25) is 11.8 Å². The first-order valence-corrected chi connectivity index (χ1v) is 5.46. The van der Waals surface area contributed by atoms with Crippen LogP contribution < -0.4 is 11.5 Å². The summed E-state index contributed by atoms with van der Waals surface area (Å²) in [4.78, 5) is 44.8. The summed E-state index contributed by atoms with van der Waals surface area (Å²) in [6.45, 7) is 0.438. The summed E-state index contributed by atoms with van der Waals surface area (Å²) in [5.74, 6) is -4.37. The summed E-state index contributed by atoms with van der Waals surface area (Å²) in [7, 11) is 0. The molecule has 0 aliphatic rings. The standard InChI is InChI=1S/C10H17N3O6/c1-5(11)9(18)13(4-8(16)17)10(19)6(12)2-3-7(14)15/h5-6H,2-4,11-12H2,1H3,(H,14,15)(H,16,17). The van der Waals surface area contributed by atoms with Gasteiger partial charge in [0.1, 0.15) is 6.54 Å². The Labute approximate surface area is 109 Å². The minimum absolute atomic E-state index is 0.198. The van der Waals surface area contributed by atoms with Crippen molar-refractivity contribution in [2.75, 3.05) is 6.54 Å². The zero-order chi connectivity index (χ0) is 15.2. The molecule has 0 aromatic rings. The first kappa shape index (κ1) is 17.0. The van der Waals surface area contributed by atoms with Crippen molar-refractivity contribution in [2.45, 2.75) is 31.8 Å². The number of nitrogens with two attached hydrogens (primary N) is 2. The van der Waals surface area contributed by atoms with Gasteiger partial charge >= 0.3 is 11.9 Å². The van der Waals surface area contributed by atoms with Gasteiger partial charge in [0.25, 0.3) is 0 Å². The zero-order valence-corrected chi connectivity index (χ0v) is 10.4. The fraction of sp³-hybridized carbons (Fsp3) is 0.600. The number of amides is 2. The Hall–Kier alpha value is -2.00. The summed E-state index contributed by atoms with van der Waals surface area (Å²) in [6, 6.07) is -2.33. The lowest BCUT2D eigenvalue weighted by atomic mass is 10.1. The normalized spacial score (nSPS) is 13.4. The molecule has 2 unspecified atom stereocenters. The predicted molar refractivity (Wildman–Crippen MR) is 62.9 cm³/mol. The number of hydrogen-bond acceptors (Lipinski definition) is 6. The number of carboxylic acids is 2. The first-order valence-electron chi connectivity index (χ1n) is 5.46. The molecule has 0 saturated carbocycles. The van der Waals surface area contributed by atoms with Crippen molar-refractivity contribution in [1.82, 2.24) is 4.90 Å². The number of aliphatic carboxylic acids is 2. The third kappa shape index (κ3) is 5.93. The molecule has 0 spiro atoms. The Kier molecular flexibility index (Phi) is 6.66. The molecule has 108 valence electrons. The fourth-order valence-corrected chi connectivity index (χ4v) is 1.25. The van der Waals surface area contributed by atoms with E-state index in [9.17, 15) is 19.2 Å². The van der Waals surface area contributed by atoms with Gasteiger partial charge in [0.05, 0.1) is 12.1 Å². The molecule has 0 aliphatic heterocycles. The maximum Gasteiger partial charge on any atom is 0.323 e. The third-order valence-electron chi connectivity index (χ3n) is 2.20. The van der Waals surface area contributed by atoms with Crippen LogP contribution in [0.1, 0.15) is 19.8 Å². The third-order valence-corrected chi connectivity index (χ3v) is 2.20. The van der Waals surface area contributed by atoms with Gasteiger partial charge in [-0.3, -0.25) is 24.1 Å². The van der Waals surface area contributed by atoms with E-state index >= 15 is 0 Å². The Balaban J connectivity index is 4.84. The number of carbonyl (C=O) groups excluding carboxylic acids is 2. The quantitative estimate of drug-likeness (QED) is 0.413. The molecular weight excluding hydrogens is 258 g/mol. The summed E-state index contributed by atoms with van der Waals surface area (Å²) < 4.78 is 0. The summed E-state index contributed by atoms with van der Waals surface area (Å²) in [6.07, 6.45) is -0.559. The monoisotopic (exact) mass is 275 g/mol. The minimum atomic E-state index is -1.40. The van der Waals surface area contributed by atoms with Crippen molar-refractivity contribution in [3.63, 3.8) is 0 Å². The zero-order valence-electron chi connectivity index (χ0n) is 10.4. The van der Waals surface area contributed by atoms with E-state index in [0.29, 0.717) is 4.90 Å². The van der Waals surface area contributed by atoms with Crippen LogP contribution in [0.25, 0.3) is 0 Å². The SMILES string of the molecule is CC(N)C(=O)N(CC(=O)O)C(=O)C(N)CCC(=O)O. The van der Waals surface area contributed by atoms with Gasteiger partial charge < -0.3 is 21.7 Å². The Morgan fingerprint density at radius 2 is 1.58 bits per heavy atom. The van der Waals surface area contributed by atoms with E-state index in [2.05, 4.69) is 0 Å². The van der Waals surface area contributed by atoms with E-state index in [1.54, 1.807) is 0 Å². The highest BCUT2D eigenvalue weighted by molar-refractivity contribution is 6.02. The molecule has 2 amide bonds. The molecule has 0 aliphatic carbocycles. The smallest absolute Gasteiger partial charge is 0.323 e. The average Bonchev–Trinajstić information content (AvgIpc) is 2.30. The highest BCUT2D eigenvalue weighted by Gasteiger charge is 2.30. The molecule has 0 rings (SSSR count). The minimum Gasteiger partial charge on any atom is -0.481 e. The van der Waals surface area contributed by atoms with E-state index in [0.717, 1.165) is 0 Å². The number of carbonyl (C=O) groups is 4. The van der Waals surface area contributed by atoms with Crippen molar-refractivity contribution < 1.29 is 29.4 Å². The Morgan fingerprint density at radius 1 is 1.05 bits per heavy atom. The van der Waals surface area contributed by atoms with E-state index in [1.807, 2.05) is 0 Å². The van der Waals surface area contributed by atoms with Crippen LogP contribution in [0, 0.1) is 0 Å². The number of hydrogen-bond donors (Lipinski definition) is 4. The van der Waals surface area contributed by atoms with Crippen molar-refractivity contribution >= 4 is 23.8 Å². The molecule has 0 heterocycles. The van der Waals surface area contributed by atoms with Crippen LogP contribution in [0.3, 0.4) is 0 Å². The van der Waals surface area contributed by atoms with Gasteiger partial charge in [-0.2, -0.15) is 0 Å². The van der Waals surface area contributed by atoms with Crippen LogP contribution in [0.2, 0.25) is 0 Å². The van der Waals surface area contributed by atoms with Gasteiger partial charge in [-0.1, -0.05) is 0 Å².